The molecule has 4 rings (SSSR count). The number of carboxylic acids is 1. The highest BCUT2D eigenvalue weighted by Gasteiger charge is 2.29. The lowest BCUT2D eigenvalue weighted by Crippen LogP contribution is -2.37. The van der Waals surface area contributed by atoms with Crippen LogP contribution in [-0.2, 0) is 16.0 Å². The van der Waals surface area contributed by atoms with Gasteiger partial charge in [-0.25, -0.2) is 4.79 Å². The molecule has 0 aromatic heterocycles. The van der Waals surface area contributed by atoms with Crippen molar-refractivity contribution >= 4 is 12.1 Å². The van der Waals surface area contributed by atoms with Gasteiger partial charge in [0.25, 0.3) is 0 Å². The molecule has 164 valence electrons. The molecule has 3 aromatic carbocycles. The van der Waals surface area contributed by atoms with Gasteiger partial charge < -0.3 is 15.2 Å². The first-order valence-corrected chi connectivity index (χ1v) is 11.0. The van der Waals surface area contributed by atoms with Gasteiger partial charge in [0.1, 0.15) is 6.61 Å². The highest BCUT2D eigenvalue weighted by molar-refractivity contribution is 5.79. The Labute approximate surface area is 188 Å². The first-order chi connectivity index (χ1) is 15.6. The van der Waals surface area contributed by atoms with Crippen LogP contribution >= 0.6 is 0 Å². The minimum Gasteiger partial charge on any atom is -0.481 e. The minimum atomic E-state index is -0.829. The molecular formula is C27H27NO4. The molecule has 1 aliphatic carbocycles. The van der Waals surface area contributed by atoms with Gasteiger partial charge in [0, 0.05) is 18.4 Å². The molecule has 0 aliphatic heterocycles. The number of hydrogen-bond acceptors (Lipinski definition) is 3. The van der Waals surface area contributed by atoms with E-state index < -0.39 is 12.1 Å². The monoisotopic (exact) mass is 429 g/mol. The van der Waals surface area contributed by atoms with Crippen LogP contribution in [0.4, 0.5) is 4.79 Å². The molecule has 0 saturated heterocycles. The molecule has 1 amide bonds. The fourth-order valence-corrected chi connectivity index (χ4v) is 4.43. The Hall–Kier alpha value is -3.60. The summed E-state index contributed by atoms with van der Waals surface area (Å²) in [6.07, 6.45) is 1.31. The predicted molar refractivity (Wildman–Crippen MR) is 124 cm³/mol. The summed E-state index contributed by atoms with van der Waals surface area (Å²) < 4.78 is 5.67. The Kier molecular flexibility index (Phi) is 6.85. The van der Waals surface area contributed by atoms with Crippen LogP contribution in [0.15, 0.2) is 78.9 Å². The van der Waals surface area contributed by atoms with Crippen molar-refractivity contribution in [3.05, 3.63) is 95.6 Å². The number of amides is 1. The van der Waals surface area contributed by atoms with Crippen molar-refractivity contribution in [3.63, 3.8) is 0 Å². The molecule has 5 heteroatoms. The lowest BCUT2D eigenvalue weighted by atomic mass is 9.98. The Morgan fingerprint density at radius 1 is 0.875 bits per heavy atom. The zero-order chi connectivity index (χ0) is 22.3. The number of carbonyl (C=O) groups is 2. The summed E-state index contributed by atoms with van der Waals surface area (Å²) in [4.78, 5) is 23.6. The van der Waals surface area contributed by atoms with Gasteiger partial charge in [0.05, 0.1) is 0 Å². The number of carbonyl (C=O) groups excluding carboxylic acids is 1. The van der Waals surface area contributed by atoms with Gasteiger partial charge in [-0.2, -0.15) is 0 Å². The summed E-state index contributed by atoms with van der Waals surface area (Å²) in [5.41, 5.74) is 5.81. The lowest BCUT2D eigenvalue weighted by Gasteiger charge is -2.20. The van der Waals surface area contributed by atoms with E-state index in [0.717, 1.165) is 5.56 Å². The van der Waals surface area contributed by atoms with E-state index in [2.05, 4.69) is 29.6 Å². The largest absolute Gasteiger partial charge is 0.481 e. The molecule has 1 aliphatic rings. The fourth-order valence-electron chi connectivity index (χ4n) is 4.43. The van der Waals surface area contributed by atoms with Crippen LogP contribution in [0.2, 0.25) is 0 Å². The molecular weight excluding hydrogens is 402 g/mol. The number of alkyl carbamates (subject to hydrolysis) is 1. The molecule has 5 nitrogen and oxygen atoms in total. The van der Waals surface area contributed by atoms with Gasteiger partial charge in [0.2, 0.25) is 0 Å². The number of hydrogen-bond donors (Lipinski definition) is 2. The van der Waals surface area contributed by atoms with Gasteiger partial charge in [-0.1, -0.05) is 78.9 Å². The SMILES string of the molecule is O=C(O)CCC[C@H](Cc1ccccc1)NC(=O)OCC1c2ccccc2-c2ccccc21. The molecule has 2 N–H and O–H groups in total. The van der Waals surface area contributed by atoms with Crippen LogP contribution < -0.4 is 5.32 Å². The minimum absolute atomic E-state index is 0.00716. The van der Waals surface area contributed by atoms with Crippen molar-refractivity contribution in [2.45, 2.75) is 37.6 Å². The first kappa shape index (κ1) is 21.6. The average Bonchev–Trinajstić information content (AvgIpc) is 3.12. The first-order valence-electron chi connectivity index (χ1n) is 11.0. The quantitative estimate of drug-likeness (QED) is 0.478. The predicted octanol–water partition coefficient (Wildman–Crippen LogP) is 5.39. The van der Waals surface area contributed by atoms with Crippen molar-refractivity contribution in [2.75, 3.05) is 6.61 Å². The van der Waals surface area contributed by atoms with E-state index >= 15 is 0 Å². The number of aliphatic carboxylic acids is 1. The summed E-state index contributed by atoms with van der Waals surface area (Å²) in [5.74, 6) is -0.822. The van der Waals surface area contributed by atoms with Gasteiger partial charge in [0.15, 0.2) is 0 Å². The molecule has 0 heterocycles. The number of fused-ring (bicyclic) bond motifs is 3. The molecule has 3 aromatic rings. The molecule has 0 fully saturated rings. The second-order valence-corrected chi connectivity index (χ2v) is 8.14. The van der Waals surface area contributed by atoms with Crippen LogP contribution in [0.25, 0.3) is 11.1 Å². The summed E-state index contributed by atoms with van der Waals surface area (Å²) in [7, 11) is 0. The highest BCUT2D eigenvalue weighted by atomic mass is 16.5. The maximum absolute atomic E-state index is 12.7. The topological polar surface area (TPSA) is 75.6 Å². The molecule has 0 bridgehead atoms. The maximum Gasteiger partial charge on any atom is 0.407 e. The Morgan fingerprint density at radius 2 is 1.47 bits per heavy atom. The maximum atomic E-state index is 12.7. The number of ether oxygens (including phenoxy) is 1. The zero-order valence-corrected chi connectivity index (χ0v) is 17.9. The third-order valence-electron chi connectivity index (χ3n) is 5.93. The van der Waals surface area contributed by atoms with Crippen LogP contribution in [0, 0.1) is 0 Å². The van der Waals surface area contributed by atoms with E-state index in [4.69, 9.17) is 9.84 Å². The highest BCUT2D eigenvalue weighted by Crippen LogP contribution is 2.44. The van der Waals surface area contributed by atoms with E-state index in [9.17, 15) is 9.59 Å². The number of rotatable bonds is 9. The van der Waals surface area contributed by atoms with E-state index in [1.165, 1.54) is 22.3 Å². The molecule has 0 radical (unpaired) electrons. The second-order valence-electron chi connectivity index (χ2n) is 8.14. The lowest BCUT2D eigenvalue weighted by molar-refractivity contribution is -0.137. The molecule has 1 atom stereocenters. The summed E-state index contributed by atoms with van der Waals surface area (Å²) in [6, 6.07) is 26.1. The normalized spacial score (nSPS) is 13.1. The number of nitrogens with one attached hydrogen (secondary N) is 1. The number of carboxylic acid groups (broad SMARTS) is 1. The molecule has 0 unspecified atom stereocenters. The van der Waals surface area contributed by atoms with Crippen molar-refractivity contribution in [1.29, 1.82) is 0 Å². The van der Waals surface area contributed by atoms with Crippen LogP contribution in [0.3, 0.4) is 0 Å². The van der Waals surface area contributed by atoms with Crippen molar-refractivity contribution < 1.29 is 19.4 Å². The van der Waals surface area contributed by atoms with E-state index in [1.54, 1.807) is 0 Å². The molecule has 0 spiro atoms. The standard InChI is InChI=1S/C27H27NO4/c29-26(30)16-8-11-20(17-19-9-2-1-3-10-19)28-27(31)32-18-25-23-14-6-4-12-21(23)22-13-5-7-15-24(22)25/h1-7,9-10,12-15,20,25H,8,11,16-18H2,(H,28,31)(H,29,30)/t20-/m1/s1. The molecule has 32 heavy (non-hydrogen) atoms. The number of benzene rings is 3. The summed E-state index contributed by atoms with van der Waals surface area (Å²) in [5, 5.41) is 11.9. The van der Waals surface area contributed by atoms with Crippen molar-refractivity contribution in [1.82, 2.24) is 5.32 Å². The van der Waals surface area contributed by atoms with Crippen LogP contribution in [0.5, 0.6) is 0 Å². The second kappa shape index (κ2) is 10.1. The van der Waals surface area contributed by atoms with E-state index in [-0.39, 0.29) is 25.0 Å². The van der Waals surface area contributed by atoms with Gasteiger partial charge >= 0.3 is 12.1 Å². The average molecular weight is 430 g/mol. The van der Waals surface area contributed by atoms with Crippen LogP contribution in [0.1, 0.15) is 41.9 Å². The zero-order valence-electron chi connectivity index (χ0n) is 17.9. The van der Waals surface area contributed by atoms with Crippen molar-refractivity contribution in [2.24, 2.45) is 0 Å². The Morgan fingerprint density at radius 3 is 2.09 bits per heavy atom. The smallest absolute Gasteiger partial charge is 0.407 e. The van der Waals surface area contributed by atoms with E-state index in [0.29, 0.717) is 19.3 Å². The summed E-state index contributed by atoms with van der Waals surface area (Å²) >= 11 is 0. The third kappa shape index (κ3) is 5.17. The Balaban J connectivity index is 1.40. The fraction of sp³-hybridized carbons (Fsp3) is 0.259. The third-order valence-corrected chi connectivity index (χ3v) is 5.93. The molecule has 0 saturated carbocycles. The van der Waals surface area contributed by atoms with Crippen LogP contribution in [-0.4, -0.2) is 29.8 Å². The van der Waals surface area contributed by atoms with Gasteiger partial charge in [-0.3, -0.25) is 4.79 Å². The summed E-state index contributed by atoms with van der Waals surface area (Å²) in [6.45, 7) is 0.257. The van der Waals surface area contributed by atoms with E-state index in [1.807, 2.05) is 54.6 Å². The Bertz CT molecular complexity index is 1030. The van der Waals surface area contributed by atoms with Gasteiger partial charge in [-0.05, 0) is 47.1 Å². The van der Waals surface area contributed by atoms with Crippen molar-refractivity contribution in [3.8, 4) is 11.1 Å². The van der Waals surface area contributed by atoms with Gasteiger partial charge in [-0.15, -0.1) is 0 Å².